The maximum Gasteiger partial charge on any atom is 0.296 e. The van der Waals surface area contributed by atoms with Crippen LogP contribution in [0.5, 0.6) is 0 Å². The number of nitrogens with zero attached hydrogens (tertiary/aromatic N) is 6. The van der Waals surface area contributed by atoms with Crippen LogP contribution in [0.1, 0.15) is 97.4 Å². The summed E-state index contributed by atoms with van der Waals surface area (Å²) >= 11 is 0. The van der Waals surface area contributed by atoms with E-state index in [-0.39, 0.29) is 100.0 Å². The third-order valence-corrected chi connectivity index (χ3v) is 10.1. The summed E-state index contributed by atoms with van der Waals surface area (Å²) in [4.78, 5) is 120. The zero-order valence-corrected chi connectivity index (χ0v) is 34.1. The number of hydrogen-bond donors (Lipinski definition) is 8. The van der Waals surface area contributed by atoms with Gasteiger partial charge in [0.2, 0.25) is 0 Å². The van der Waals surface area contributed by atoms with E-state index in [1.807, 2.05) is 0 Å². The summed E-state index contributed by atoms with van der Waals surface area (Å²) in [6, 6.07) is 10.9. The highest BCUT2D eigenvalue weighted by molar-refractivity contribution is 5.97. The average Bonchev–Trinajstić information content (AvgIpc) is 3.24. The van der Waals surface area contributed by atoms with Crippen molar-refractivity contribution in [1.82, 2.24) is 50.0 Å². The predicted octanol–water partition coefficient (Wildman–Crippen LogP) is -0.674. The lowest BCUT2D eigenvalue weighted by atomic mass is 10.1. The second kappa shape index (κ2) is 20.0. The highest BCUT2D eigenvalue weighted by Crippen LogP contribution is 2.15. The van der Waals surface area contributed by atoms with Gasteiger partial charge in [0.25, 0.3) is 51.8 Å². The summed E-state index contributed by atoms with van der Waals surface area (Å²) in [5, 5.41) is 52.1. The van der Waals surface area contributed by atoms with Crippen molar-refractivity contribution in [1.29, 1.82) is 0 Å². The molecule has 5 amide bonds. The fourth-order valence-corrected chi connectivity index (χ4v) is 6.70. The van der Waals surface area contributed by atoms with E-state index in [4.69, 9.17) is 0 Å². The van der Waals surface area contributed by atoms with Gasteiger partial charge < -0.3 is 51.9 Å². The van der Waals surface area contributed by atoms with Gasteiger partial charge in [-0.25, -0.2) is 0 Å². The standard InChI is InChI=1S/C40H46N10O13/c1-23-9-6-20-45(39(58)30-10-4-12-32(51)47(30)60)21-7-18-41-24(2)26-14-16-28(49(62)37(26)56)35(54)43-25(3)44-36(55)29-17-15-27(38(57)50(29)63)34(53)42-19-8-22-46(23)40(59)31-11-5-13-33(52)48(31)61/h4-5,10-17,23,25,41,60-63H,2,6-9,18-22H2,1,3H3,(H,42,53)(H,43,54)(H,44,55). The van der Waals surface area contributed by atoms with Crippen LogP contribution in [0.2, 0.25) is 0 Å². The van der Waals surface area contributed by atoms with Gasteiger partial charge in [0, 0.05) is 56.6 Å². The van der Waals surface area contributed by atoms with E-state index < -0.39 is 80.9 Å². The lowest BCUT2D eigenvalue weighted by Gasteiger charge is -2.31. The largest absolute Gasteiger partial charge is 0.425 e. The Kier molecular flexibility index (Phi) is 14.6. The van der Waals surface area contributed by atoms with Crippen LogP contribution in [0.15, 0.2) is 86.4 Å². The van der Waals surface area contributed by atoms with Crippen molar-refractivity contribution < 1.29 is 44.8 Å². The molecule has 4 aromatic heterocycles. The Morgan fingerprint density at radius 1 is 0.587 bits per heavy atom. The molecule has 0 fully saturated rings. The van der Waals surface area contributed by atoms with Gasteiger partial charge in [-0.05, 0) is 75.9 Å². The molecule has 4 aromatic rings. The summed E-state index contributed by atoms with van der Waals surface area (Å²) in [5.74, 6) is -4.44. The van der Waals surface area contributed by atoms with Crippen LogP contribution >= 0.6 is 0 Å². The summed E-state index contributed by atoms with van der Waals surface area (Å²) in [6.45, 7) is 6.88. The Morgan fingerprint density at radius 2 is 1.08 bits per heavy atom. The van der Waals surface area contributed by atoms with Crippen molar-refractivity contribution >= 4 is 35.2 Å². The molecule has 0 radical (unpaired) electrons. The molecule has 0 aliphatic carbocycles. The van der Waals surface area contributed by atoms with Gasteiger partial charge in [-0.15, -0.1) is 18.9 Å². The van der Waals surface area contributed by atoms with Crippen molar-refractivity contribution in [3.63, 3.8) is 0 Å². The molecule has 0 saturated carbocycles. The number of carbonyl (C=O) groups excluding carboxylic acids is 5. The van der Waals surface area contributed by atoms with Gasteiger partial charge >= 0.3 is 0 Å². The van der Waals surface area contributed by atoms with Gasteiger partial charge in [-0.2, -0.15) is 0 Å². The normalized spacial score (nSPS) is 17.7. The Balaban J connectivity index is 1.45. The minimum atomic E-state index is -1.27. The fourth-order valence-electron chi connectivity index (χ4n) is 6.70. The Labute approximate surface area is 356 Å². The van der Waals surface area contributed by atoms with E-state index in [0.29, 0.717) is 0 Å². The minimum Gasteiger partial charge on any atom is -0.425 e. The summed E-state index contributed by atoms with van der Waals surface area (Å²) in [6.07, 6.45) is -0.417. The molecule has 2 unspecified atom stereocenters. The highest BCUT2D eigenvalue weighted by Gasteiger charge is 2.27. The molecule has 0 spiro atoms. The smallest absolute Gasteiger partial charge is 0.296 e. The van der Waals surface area contributed by atoms with Crippen LogP contribution in [0.4, 0.5) is 0 Å². The first-order valence-corrected chi connectivity index (χ1v) is 19.6. The van der Waals surface area contributed by atoms with Crippen LogP contribution in [-0.2, 0) is 0 Å². The number of nitrogens with one attached hydrogen (secondary N) is 4. The van der Waals surface area contributed by atoms with Crippen molar-refractivity contribution in [2.24, 2.45) is 0 Å². The number of carbonyl (C=O) groups is 5. The molecular weight excluding hydrogens is 828 g/mol. The number of rotatable bonds is 2. The molecule has 3 aliphatic heterocycles. The monoisotopic (exact) mass is 874 g/mol. The quantitative estimate of drug-likeness (QED) is 0.116. The third-order valence-electron chi connectivity index (χ3n) is 10.1. The second-order valence-corrected chi connectivity index (χ2v) is 14.4. The molecule has 4 bridgehead atoms. The molecular formula is C40H46N10O13. The first-order chi connectivity index (χ1) is 29.9. The van der Waals surface area contributed by atoms with Gasteiger partial charge in [-0.3, -0.25) is 43.2 Å². The van der Waals surface area contributed by atoms with Crippen LogP contribution in [0.25, 0.3) is 5.70 Å². The average molecular weight is 875 g/mol. The van der Waals surface area contributed by atoms with Crippen molar-refractivity contribution in [2.75, 3.05) is 32.7 Å². The molecule has 7 rings (SSSR count). The SMILES string of the molecule is C=C1NCCCN(C(=O)c2cccc(=O)n2O)CCCC(C)N(C(=O)c2cccc(=O)n2O)CCCNC(=O)c2ccc(n(O)c2=O)C(=O)NC(C)NC(=O)c2ccc1c(=O)n2O. The van der Waals surface area contributed by atoms with E-state index in [9.17, 15) is 64.0 Å². The van der Waals surface area contributed by atoms with Crippen LogP contribution in [0, 0.1) is 0 Å². The molecule has 7 heterocycles. The number of pyridine rings is 4. The summed E-state index contributed by atoms with van der Waals surface area (Å²) in [7, 11) is 0. The molecule has 334 valence electrons. The van der Waals surface area contributed by atoms with Gasteiger partial charge in [0.05, 0.1) is 11.7 Å². The maximum absolute atomic E-state index is 13.8. The number of hydrogen-bond acceptors (Lipinski definition) is 14. The van der Waals surface area contributed by atoms with E-state index in [0.717, 1.165) is 30.3 Å². The van der Waals surface area contributed by atoms with E-state index in [1.54, 1.807) is 6.92 Å². The Morgan fingerprint density at radius 3 is 1.67 bits per heavy atom. The molecule has 2 atom stereocenters. The maximum atomic E-state index is 13.8. The fraction of sp³-hybridized carbons (Fsp3) is 0.325. The van der Waals surface area contributed by atoms with Crippen LogP contribution < -0.4 is 43.5 Å². The first-order valence-electron chi connectivity index (χ1n) is 19.6. The zero-order valence-electron chi connectivity index (χ0n) is 34.1. The molecule has 23 nitrogen and oxygen atoms in total. The highest BCUT2D eigenvalue weighted by atomic mass is 16.5. The molecule has 0 saturated heterocycles. The lowest BCUT2D eigenvalue weighted by Crippen LogP contribution is -2.48. The molecule has 63 heavy (non-hydrogen) atoms. The predicted molar refractivity (Wildman–Crippen MR) is 220 cm³/mol. The molecule has 3 aliphatic rings. The number of fused-ring (bicyclic) bond motifs is 2. The topological polar surface area (TPSA) is 309 Å². The lowest BCUT2D eigenvalue weighted by molar-refractivity contribution is 0.0600. The second-order valence-electron chi connectivity index (χ2n) is 14.4. The van der Waals surface area contributed by atoms with Gasteiger partial charge in [0.1, 0.15) is 28.3 Å². The van der Waals surface area contributed by atoms with Crippen LogP contribution in [0.3, 0.4) is 0 Å². The van der Waals surface area contributed by atoms with E-state index in [1.165, 1.54) is 47.1 Å². The summed E-state index contributed by atoms with van der Waals surface area (Å²) in [5.41, 5.74) is -6.44. The molecule has 23 heteroatoms. The number of amides is 5. The Bertz CT molecular complexity index is 2690. The van der Waals surface area contributed by atoms with Crippen molar-refractivity contribution in [3.8, 4) is 0 Å². The van der Waals surface area contributed by atoms with E-state index in [2.05, 4.69) is 27.8 Å². The van der Waals surface area contributed by atoms with Crippen molar-refractivity contribution in [2.45, 2.75) is 51.7 Å². The molecule has 8 N–H and O–H groups in total. The summed E-state index contributed by atoms with van der Waals surface area (Å²) < 4.78 is 0.428. The van der Waals surface area contributed by atoms with Crippen LogP contribution in [-0.4, -0.2) is 124 Å². The Hall–Kier alpha value is -8.11. The molecule has 0 aromatic carbocycles. The first kappa shape index (κ1) is 46.0. The minimum absolute atomic E-state index is 0.0427. The van der Waals surface area contributed by atoms with E-state index >= 15 is 0 Å². The third kappa shape index (κ3) is 10.4. The zero-order chi connectivity index (χ0) is 46.1. The van der Waals surface area contributed by atoms with Crippen molar-refractivity contribution in [3.05, 3.63) is 143 Å². The number of aromatic nitrogens is 4. The van der Waals surface area contributed by atoms with Gasteiger partial charge in [-0.1, -0.05) is 18.7 Å². The van der Waals surface area contributed by atoms with Gasteiger partial charge in [0.15, 0.2) is 0 Å².